The van der Waals surface area contributed by atoms with Crippen molar-refractivity contribution in [1.82, 2.24) is 5.32 Å². The fourth-order valence-electron chi connectivity index (χ4n) is 3.97. The Labute approximate surface area is 130 Å². The fraction of sp³-hybridized carbons (Fsp3) is 0.684. The molecule has 0 heterocycles. The summed E-state index contributed by atoms with van der Waals surface area (Å²) < 4.78 is 5.91. The lowest BCUT2D eigenvalue weighted by Crippen LogP contribution is -2.45. The molecule has 0 spiro atoms. The second-order valence-electron chi connectivity index (χ2n) is 6.69. The maximum atomic E-state index is 5.91. The third kappa shape index (κ3) is 4.55. The number of rotatable bonds is 6. The number of aryl methyl sites for hydroxylation is 2. The Morgan fingerprint density at radius 2 is 1.71 bits per heavy atom. The maximum absolute atomic E-state index is 5.91. The average molecular weight is 289 g/mol. The first-order valence-corrected chi connectivity index (χ1v) is 8.41. The molecule has 21 heavy (non-hydrogen) atoms. The third-order valence-corrected chi connectivity index (χ3v) is 4.89. The molecule has 1 aliphatic rings. The molecule has 0 aromatic heterocycles. The molecule has 1 fully saturated rings. The van der Waals surface area contributed by atoms with Gasteiger partial charge >= 0.3 is 0 Å². The Morgan fingerprint density at radius 1 is 1.10 bits per heavy atom. The lowest BCUT2D eigenvalue weighted by Gasteiger charge is -2.35. The monoisotopic (exact) mass is 289 g/mol. The van der Waals surface area contributed by atoms with E-state index in [1.54, 1.807) is 0 Å². The molecule has 0 bridgehead atoms. The fourth-order valence-corrected chi connectivity index (χ4v) is 3.97. The number of methoxy groups -OCH3 is 1. The number of nitrogens with one attached hydrogen (secondary N) is 1. The van der Waals surface area contributed by atoms with Crippen LogP contribution < -0.4 is 5.32 Å². The molecule has 2 atom stereocenters. The Bertz CT molecular complexity index is 417. The van der Waals surface area contributed by atoms with Crippen LogP contribution in [0.4, 0.5) is 0 Å². The highest BCUT2D eigenvalue weighted by molar-refractivity contribution is 5.29. The molecule has 1 N–H and O–H groups in total. The normalized spacial score (nSPS) is 19.4. The molecule has 1 aromatic rings. The first-order chi connectivity index (χ1) is 10.1. The molecule has 0 amide bonds. The van der Waals surface area contributed by atoms with Gasteiger partial charge in [0.25, 0.3) is 0 Å². The van der Waals surface area contributed by atoms with Crippen molar-refractivity contribution in [3.05, 3.63) is 34.9 Å². The minimum atomic E-state index is 0.330. The smallest absolute Gasteiger partial charge is 0.0755 e. The van der Waals surface area contributed by atoms with Crippen LogP contribution in [-0.4, -0.2) is 26.3 Å². The summed E-state index contributed by atoms with van der Waals surface area (Å²) in [5, 5.41) is 3.51. The second-order valence-corrected chi connectivity index (χ2v) is 6.69. The van der Waals surface area contributed by atoms with Crippen molar-refractivity contribution >= 4 is 0 Å². The zero-order chi connectivity index (χ0) is 15.2. The highest BCUT2D eigenvalue weighted by atomic mass is 16.5. The van der Waals surface area contributed by atoms with Gasteiger partial charge in [-0.2, -0.15) is 0 Å². The number of benzene rings is 1. The first-order valence-electron chi connectivity index (χ1n) is 8.41. The van der Waals surface area contributed by atoms with Gasteiger partial charge < -0.3 is 10.1 Å². The van der Waals surface area contributed by atoms with Crippen LogP contribution >= 0.6 is 0 Å². The third-order valence-electron chi connectivity index (χ3n) is 4.89. The predicted molar refractivity (Wildman–Crippen MR) is 89.8 cm³/mol. The summed E-state index contributed by atoms with van der Waals surface area (Å²) >= 11 is 0. The molecular formula is C19H31NO. The Kier molecular flexibility index (Phi) is 6.25. The minimum absolute atomic E-state index is 0.330. The van der Waals surface area contributed by atoms with Gasteiger partial charge in [-0.05, 0) is 51.6 Å². The number of likely N-dealkylation sites (N-methyl/N-ethyl adjacent to an activating group) is 1. The number of hydrogen-bond acceptors (Lipinski definition) is 2. The van der Waals surface area contributed by atoms with Gasteiger partial charge in [0.2, 0.25) is 0 Å². The van der Waals surface area contributed by atoms with E-state index in [0.29, 0.717) is 18.1 Å². The van der Waals surface area contributed by atoms with E-state index in [1.165, 1.54) is 48.8 Å². The van der Waals surface area contributed by atoms with E-state index in [2.05, 4.69) is 44.4 Å². The van der Waals surface area contributed by atoms with Gasteiger partial charge in [0.15, 0.2) is 0 Å². The van der Waals surface area contributed by atoms with Crippen molar-refractivity contribution in [3.63, 3.8) is 0 Å². The molecule has 2 heteroatoms. The van der Waals surface area contributed by atoms with E-state index >= 15 is 0 Å². The standard InChI is InChI=1S/C19H31NO/c1-14-10-15(2)12-16(11-14)13-18(20-3)19(21-4)17-8-6-5-7-9-17/h10-12,17-20H,5-9,13H2,1-4H3. The van der Waals surface area contributed by atoms with Crippen LogP contribution in [0.3, 0.4) is 0 Å². The summed E-state index contributed by atoms with van der Waals surface area (Å²) in [5.41, 5.74) is 4.13. The molecule has 2 unspecified atom stereocenters. The van der Waals surface area contributed by atoms with Crippen LogP contribution in [-0.2, 0) is 11.2 Å². The van der Waals surface area contributed by atoms with Crippen molar-refractivity contribution < 1.29 is 4.74 Å². The van der Waals surface area contributed by atoms with Crippen molar-refractivity contribution in [2.75, 3.05) is 14.2 Å². The summed E-state index contributed by atoms with van der Waals surface area (Å²) in [6.07, 6.45) is 8.15. The molecule has 0 aliphatic heterocycles. The average Bonchev–Trinajstić information content (AvgIpc) is 2.47. The summed E-state index contributed by atoms with van der Waals surface area (Å²) in [7, 11) is 3.95. The van der Waals surface area contributed by atoms with Crippen LogP contribution in [0.15, 0.2) is 18.2 Å². The molecule has 1 saturated carbocycles. The van der Waals surface area contributed by atoms with Gasteiger partial charge in [-0.1, -0.05) is 48.6 Å². The van der Waals surface area contributed by atoms with E-state index in [1.807, 2.05) is 7.11 Å². The number of ether oxygens (including phenoxy) is 1. The van der Waals surface area contributed by atoms with E-state index < -0.39 is 0 Å². The van der Waals surface area contributed by atoms with Crippen LogP contribution in [0.1, 0.15) is 48.8 Å². The molecule has 118 valence electrons. The molecule has 1 aromatic carbocycles. The Balaban J connectivity index is 2.09. The SMILES string of the molecule is CNC(Cc1cc(C)cc(C)c1)C(OC)C1CCCCC1. The number of hydrogen-bond donors (Lipinski definition) is 1. The highest BCUT2D eigenvalue weighted by Gasteiger charge is 2.29. The van der Waals surface area contributed by atoms with Crippen molar-refractivity contribution in [1.29, 1.82) is 0 Å². The van der Waals surface area contributed by atoms with Crippen LogP contribution in [0, 0.1) is 19.8 Å². The van der Waals surface area contributed by atoms with Crippen LogP contribution in [0.5, 0.6) is 0 Å². The van der Waals surface area contributed by atoms with Crippen molar-refractivity contribution in [2.45, 2.75) is 64.5 Å². The summed E-state index contributed by atoms with van der Waals surface area (Å²) in [6, 6.07) is 7.27. The lowest BCUT2D eigenvalue weighted by molar-refractivity contribution is 0.0101. The maximum Gasteiger partial charge on any atom is 0.0755 e. The summed E-state index contributed by atoms with van der Waals surface area (Å²) in [5.74, 6) is 0.715. The van der Waals surface area contributed by atoms with E-state index in [0.717, 1.165) is 6.42 Å². The Hall–Kier alpha value is -0.860. The minimum Gasteiger partial charge on any atom is -0.380 e. The molecule has 2 nitrogen and oxygen atoms in total. The van der Waals surface area contributed by atoms with E-state index in [9.17, 15) is 0 Å². The highest BCUT2D eigenvalue weighted by Crippen LogP contribution is 2.30. The van der Waals surface area contributed by atoms with E-state index in [-0.39, 0.29) is 0 Å². The Morgan fingerprint density at radius 3 is 2.24 bits per heavy atom. The zero-order valence-corrected chi connectivity index (χ0v) is 14.1. The lowest BCUT2D eigenvalue weighted by atomic mass is 9.81. The quantitative estimate of drug-likeness (QED) is 0.853. The van der Waals surface area contributed by atoms with Gasteiger partial charge in [-0.25, -0.2) is 0 Å². The van der Waals surface area contributed by atoms with Gasteiger partial charge in [0, 0.05) is 13.2 Å². The zero-order valence-electron chi connectivity index (χ0n) is 14.1. The molecule has 2 rings (SSSR count). The summed E-state index contributed by atoms with van der Waals surface area (Å²) in [4.78, 5) is 0. The second kappa shape index (κ2) is 7.95. The molecule has 1 aliphatic carbocycles. The first kappa shape index (κ1) is 16.5. The van der Waals surface area contributed by atoms with Gasteiger partial charge in [-0.15, -0.1) is 0 Å². The molecule has 0 saturated heterocycles. The van der Waals surface area contributed by atoms with Crippen molar-refractivity contribution in [2.24, 2.45) is 5.92 Å². The van der Waals surface area contributed by atoms with Gasteiger partial charge in [0.05, 0.1) is 6.10 Å². The largest absolute Gasteiger partial charge is 0.380 e. The summed E-state index contributed by atoms with van der Waals surface area (Å²) in [6.45, 7) is 4.36. The van der Waals surface area contributed by atoms with Gasteiger partial charge in [-0.3, -0.25) is 0 Å². The van der Waals surface area contributed by atoms with Crippen LogP contribution in [0.25, 0.3) is 0 Å². The van der Waals surface area contributed by atoms with E-state index in [4.69, 9.17) is 4.74 Å². The van der Waals surface area contributed by atoms with Crippen molar-refractivity contribution in [3.8, 4) is 0 Å². The topological polar surface area (TPSA) is 21.3 Å². The molecular weight excluding hydrogens is 258 g/mol. The molecule has 0 radical (unpaired) electrons. The predicted octanol–water partition coefficient (Wildman–Crippen LogP) is 4.03. The van der Waals surface area contributed by atoms with Crippen LogP contribution in [0.2, 0.25) is 0 Å². The van der Waals surface area contributed by atoms with Gasteiger partial charge in [0.1, 0.15) is 0 Å².